The highest BCUT2D eigenvalue weighted by Crippen LogP contribution is 2.24. The summed E-state index contributed by atoms with van der Waals surface area (Å²) in [5, 5.41) is 3.70. The van der Waals surface area contributed by atoms with E-state index in [2.05, 4.69) is 27.2 Å². The first-order chi connectivity index (χ1) is 14.1. The van der Waals surface area contributed by atoms with Gasteiger partial charge in [0.15, 0.2) is 0 Å². The molecular weight excluding hydrogens is 368 g/mol. The van der Waals surface area contributed by atoms with E-state index < -0.39 is 0 Å². The van der Waals surface area contributed by atoms with Crippen LogP contribution in [0.5, 0.6) is 11.8 Å². The maximum absolute atomic E-state index is 13.0. The number of carbonyl (C=O) groups is 1. The molecule has 1 aliphatic heterocycles. The number of rotatable bonds is 5. The third-order valence-corrected chi connectivity index (χ3v) is 5.09. The van der Waals surface area contributed by atoms with Gasteiger partial charge in [-0.3, -0.25) is 4.79 Å². The third-order valence-electron chi connectivity index (χ3n) is 5.09. The summed E-state index contributed by atoms with van der Waals surface area (Å²) in [6.07, 6.45) is 3.73. The van der Waals surface area contributed by atoms with Gasteiger partial charge in [0.1, 0.15) is 6.10 Å². The quantitative estimate of drug-likeness (QED) is 0.718. The molecule has 3 heterocycles. The van der Waals surface area contributed by atoms with Gasteiger partial charge in [-0.1, -0.05) is 18.2 Å². The number of benzene rings is 1. The summed E-state index contributed by atoms with van der Waals surface area (Å²) in [7, 11) is 3.65. The molecule has 1 fully saturated rings. The number of nitrogens with zero attached hydrogens (tertiary/aromatic N) is 3. The smallest absolute Gasteiger partial charge is 0.256 e. The fourth-order valence-corrected chi connectivity index (χ4v) is 3.47. The Morgan fingerprint density at radius 1 is 1.14 bits per heavy atom. The number of amides is 1. The van der Waals surface area contributed by atoms with Crippen molar-refractivity contribution in [1.29, 1.82) is 0 Å². The van der Waals surface area contributed by atoms with Gasteiger partial charge in [-0.05, 0) is 32.0 Å². The van der Waals surface area contributed by atoms with Crippen molar-refractivity contribution in [2.45, 2.75) is 18.9 Å². The molecule has 0 saturated carbocycles. The van der Waals surface area contributed by atoms with Crippen molar-refractivity contribution < 1.29 is 14.3 Å². The first-order valence-electron chi connectivity index (χ1n) is 9.69. The monoisotopic (exact) mass is 392 g/mol. The zero-order valence-electron chi connectivity index (χ0n) is 16.6. The van der Waals surface area contributed by atoms with Crippen molar-refractivity contribution in [3.8, 4) is 11.8 Å². The number of fused-ring (bicyclic) bond motifs is 1. The van der Waals surface area contributed by atoms with Crippen molar-refractivity contribution in [2.75, 3.05) is 32.6 Å². The summed E-state index contributed by atoms with van der Waals surface area (Å²) in [6.45, 7) is 2.02. The number of carbonyl (C=O) groups excluding carboxylic acids is 1. The van der Waals surface area contributed by atoms with Crippen molar-refractivity contribution in [1.82, 2.24) is 14.9 Å². The molecule has 0 aliphatic carbocycles. The summed E-state index contributed by atoms with van der Waals surface area (Å²) < 4.78 is 11.3. The van der Waals surface area contributed by atoms with Gasteiger partial charge in [-0.25, -0.2) is 9.97 Å². The van der Waals surface area contributed by atoms with Crippen molar-refractivity contribution in [3.63, 3.8) is 0 Å². The Hall–Kier alpha value is -3.19. The molecule has 0 bridgehead atoms. The fraction of sp³-hybridized carbons (Fsp3) is 0.318. The second-order valence-electron chi connectivity index (χ2n) is 7.19. The van der Waals surface area contributed by atoms with Crippen molar-refractivity contribution >= 4 is 22.5 Å². The fourth-order valence-electron chi connectivity index (χ4n) is 3.47. The Bertz CT molecular complexity index is 1020. The zero-order valence-corrected chi connectivity index (χ0v) is 16.6. The maximum atomic E-state index is 13.0. The molecule has 4 rings (SSSR count). The number of methoxy groups -OCH3 is 1. The van der Waals surface area contributed by atoms with E-state index in [0.717, 1.165) is 31.3 Å². The van der Waals surface area contributed by atoms with Crippen LogP contribution in [0.25, 0.3) is 10.9 Å². The van der Waals surface area contributed by atoms with Crippen LogP contribution in [0.1, 0.15) is 23.2 Å². The normalized spacial score (nSPS) is 15.2. The molecule has 1 amide bonds. The molecule has 0 atom stereocenters. The number of hydrogen-bond acceptors (Lipinski definition) is 6. The van der Waals surface area contributed by atoms with E-state index in [1.165, 1.54) is 7.11 Å². The topological polar surface area (TPSA) is 76.6 Å². The Balaban J connectivity index is 1.52. The first-order valence-corrected chi connectivity index (χ1v) is 9.69. The second-order valence-corrected chi connectivity index (χ2v) is 7.19. The summed E-state index contributed by atoms with van der Waals surface area (Å²) in [4.78, 5) is 23.9. The molecule has 2 aromatic heterocycles. The minimum atomic E-state index is -0.238. The van der Waals surface area contributed by atoms with Gasteiger partial charge in [0, 0.05) is 42.5 Å². The molecule has 150 valence electrons. The number of pyridine rings is 2. The molecule has 0 unspecified atom stereocenters. The number of piperidine rings is 1. The molecule has 1 N–H and O–H groups in total. The number of ether oxygens (including phenoxy) is 2. The average Bonchev–Trinajstić information content (AvgIpc) is 2.74. The average molecular weight is 392 g/mol. The van der Waals surface area contributed by atoms with Crippen LogP contribution in [-0.4, -0.2) is 54.1 Å². The van der Waals surface area contributed by atoms with E-state index >= 15 is 0 Å². The summed E-state index contributed by atoms with van der Waals surface area (Å²) >= 11 is 0. The van der Waals surface area contributed by atoms with E-state index in [0.29, 0.717) is 28.5 Å². The van der Waals surface area contributed by atoms with Crippen LogP contribution >= 0.6 is 0 Å². The van der Waals surface area contributed by atoms with E-state index in [1.54, 1.807) is 24.4 Å². The Morgan fingerprint density at radius 2 is 1.93 bits per heavy atom. The minimum absolute atomic E-state index is 0.151. The number of nitrogens with one attached hydrogen (secondary N) is 1. The second kappa shape index (κ2) is 8.45. The van der Waals surface area contributed by atoms with Gasteiger partial charge in [-0.15, -0.1) is 0 Å². The van der Waals surface area contributed by atoms with Crippen molar-refractivity contribution in [3.05, 3.63) is 54.2 Å². The van der Waals surface area contributed by atoms with Gasteiger partial charge in [0.05, 0.1) is 18.2 Å². The Kier molecular flexibility index (Phi) is 5.57. The lowest BCUT2D eigenvalue weighted by molar-refractivity contribution is 0.102. The predicted molar refractivity (Wildman–Crippen MR) is 112 cm³/mol. The molecule has 7 heteroatoms. The van der Waals surface area contributed by atoms with E-state index in [9.17, 15) is 4.79 Å². The number of hydrogen-bond donors (Lipinski definition) is 1. The van der Waals surface area contributed by atoms with Gasteiger partial charge < -0.3 is 19.7 Å². The van der Waals surface area contributed by atoms with Gasteiger partial charge >= 0.3 is 0 Å². The molecule has 29 heavy (non-hydrogen) atoms. The van der Waals surface area contributed by atoms with Crippen LogP contribution < -0.4 is 14.8 Å². The summed E-state index contributed by atoms with van der Waals surface area (Å²) in [6, 6.07) is 12.7. The molecule has 3 aromatic rings. The first kappa shape index (κ1) is 19.1. The third kappa shape index (κ3) is 4.46. The van der Waals surface area contributed by atoms with E-state index in [1.807, 2.05) is 24.3 Å². The van der Waals surface area contributed by atoms with Crippen LogP contribution in [0.3, 0.4) is 0 Å². The van der Waals surface area contributed by atoms with Gasteiger partial charge in [0.25, 0.3) is 5.91 Å². The zero-order chi connectivity index (χ0) is 20.2. The standard InChI is InChI=1S/C22H24N4O3/c1-26-11-8-16(9-12-26)29-20-13-15(7-10-23-20)24-22(27)18-14-21(28-2)25-19-6-4-3-5-17(18)19/h3-7,10,13-14,16H,8-9,11-12H2,1-2H3,(H,23,24,27). The van der Waals surface area contributed by atoms with Gasteiger partial charge in [-0.2, -0.15) is 0 Å². The lowest BCUT2D eigenvalue weighted by Gasteiger charge is -2.28. The number of aromatic nitrogens is 2. The Labute approximate surface area is 169 Å². The lowest BCUT2D eigenvalue weighted by atomic mass is 10.1. The number of likely N-dealkylation sites (tertiary alicyclic amines) is 1. The molecule has 7 nitrogen and oxygen atoms in total. The highest BCUT2D eigenvalue weighted by atomic mass is 16.5. The number of anilines is 1. The largest absolute Gasteiger partial charge is 0.481 e. The molecule has 1 aliphatic rings. The van der Waals surface area contributed by atoms with Crippen LogP contribution in [0.4, 0.5) is 5.69 Å². The highest BCUT2D eigenvalue weighted by molar-refractivity contribution is 6.12. The molecular formula is C22H24N4O3. The van der Waals surface area contributed by atoms with Crippen LogP contribution in [0.15, 0.2) is 48.7 Å². The SMILES string of the molecule is COc1cc(C(=O)Nc2ccnc(OC3CCN(C)CC3)c2)c2ccccc2n1. The van der Waals surface area contributed by atoms with E-state index in [-0.39, 0.29) is 12.0 Å². The van der Waals surface area contributed by atoms with E-state index in [4.69, 9.17) is 9.47 Å². The lowest BCUT2D eigenvalue weighted by Crippen LogP contribution is -2.35. The number of para-hydroxylation sites is 1. The summed E-state index contributed by atoms with van der Waals surface area (Å²) in [5.74, 6) is 0.683. The van der Waals surface area contributed by atoms with Crippen LogP contribution in [-0.2, 0) is 0 Å². The summed E-state index contributed by atoms with van der Waals surface area (Å²) in [5.41, 5.74) is 1.84. The molecule has 1 saturated heterocycles. The minimum Gasteiger partial charge on any atom is -0.481 e. The molecule has 1 aromatic carbocycles. The van der Waals surface area contributed by atoms with Crippen molar-refractivity contribution in [2.24, 2.45) is 0 Å². The molecule has 0 radical (unpaired) electrons. The predicted octanol–water partition coefficient (Wildman–Crippen LogP) is 3.36. The van der Waals surface area contributed by atoms with Crippen LogP contribution in [0.2, 0.25) is 0 Å². The van der Waals surface area contributed by atoms with Crippen LogP contribution in [0, 0.1) is 0 Å². The highest BCUT2D eigenvalue weighted by Gasteiger charge is 2.19. The maximum Gasteiger partial charge on any atom is 0.256 e. The Morgan fingerprint density at radius 3 is 2.72 bits per heavy atom. The van der Waals surface area contributed by atoms with Gasteiger partial charge in [0.2, 0.25) is 11.8 Å². The molecule has 0 spiro atoms.